The number of aliphatic imine (C=N–C) groups is 1. The van der Waals surface area contributed by atoms with E-state index in [-0.39, 0.29) is 5.54 Å². The summed E-state index contributed by atoms with van der Waals surface area (Å²) >= 11 is 0. The van der Waals surface area contributed by atoms with Crippen LogP contribution in [0.3, 0.4) is 0 Å². The van der Waals surface area contributed by atoms with E-state index in [9.17, 15) is 5.11 Å². The van der Waals surface area contributed by atoms with Gasteiger partial charge in [-0.1, -0.05) is 36.8 Å². The van der Waals surface area contributed by atoms with Crippen molar-refractivity contribution < 1.29 is 5.11 Å². The Labute approximate surface area is 182 Å². The Balaban J connectivity index is 1.68. The predicted octanol–water partition coefficient (Wildman–Crippen LogP) is 2.40. The van der Waals surface area contributed by atoms with E-state index in [1.165, 1.54) is 45.2 Å². The van der Waals surface area contributed by atoms with Crippen LogP contribution in [0.5, 0.6) is 0 Å². The Morgan fingerprint density at radius 3 is 2.37 bits per heavy atom. The van der Waals surface area contributed by atoms with Crippen molar-refractivity contribution in [2.45, 2.75) is 57.1 Å². The molecule has 1 unspecified atom stereocenters. The van der Waals surface area contributed by atoms with E-state index in [1.54, 1.807) is 0 Å². The number of likely N-dealkylation sites (tertiary alicyclic amines) is 2. The number of rotatable bonds is 7. The zero-order valence-corrected chi connectivity index (χ0v) is 19.2. The molecule has 0 bridgehead atoms. The highest BCUT2D eigenvalue weighted by molar-refractivity contribution is 5.79. The van der Waals surface area contributed by atoms with Crippen LogP contribution in [0.2, 0.25) is 0 Å². The Morgan fingerprint density at radius 2 is 1.73 bits per heavy atom. The molecule has 2 aliphatic heterocycles. The lowest BCUT2D eigenvalue weighted by Crippen LogP contribution is -2.62. The van der Waals surface area contributed by atoms with Gasteiger partial charge in [-0.15, -0.1) is 0 Å². The summed E-state index contributed by atoms with van der Waals surface area (Å²) in [5.41, 5.74) is 0.108. The lowest BCUT2D eigenvalue weighted by atomic mass is 9.84. The van der Waals surface area contributed by atoms with Gasteiger partial charge in [0.25, 0.3) is 0 Å². The minimum atomic E-state index is -0.984. The third-order valence-electron chi connectivity index (χ3n) is 6.81. The van der Waals surface area contributed by atoms with Crippen LogP contribution in [0, 0.1) is 0 Å². The van der Waals surface area contributed by atoms with Crippen LogP contribution in [0.15, 0.2) is 35.3 Å². The van der Waals surface area contributed by atoms with Gasteiger partial charge in [-0.25, -0.2) is 4.99 Å². The molecule has 168 valence electrons. The maximum Gasteiger partial charge on any atom is 0.191 e. The Bertz CT molecular complexity index is 661. The summed E-state index contributed by atoms with van der Waals surface area (Å²) < 4.78 is 0. The smallest absolute Gasteiger partial charge is 0.191 e. The molecule has 0 spiro atoms. The van der Waals surface area contributed by atoms with Crippen molar-refractivity contribution in [3.63, 3.8) is 0 Å². The minimum Gasteiger partial charge on any atom is -0.384 e. The van der Waals surface area contributed by atoms with Gasteiger partial charge in [0.05, 0.1) is 6.54 Å². The van der Waals surface area contributed by atoms with Gasteiger partial charge in [0.1, 0.15) is 5.60 Å². The minimum absolute atomic E-state index is 0.199. The summed E-state index contributed by atoms with van der Waals surface area (Å²) in [7, 11) is 2.23. The van der Waals surface area contributed by atoms with Gasteiger partial charge in [-0.3, -0.25) is 4.90 Å². The van der Waals surface area contributed by atoms with E-state index in [2.05, 4.69) is 34.4 Å². The van der Waals surface area contributed by atoms with Crippen LogP contribution >= 0.6 is 0 Å². The molecule has 1 atom stereocenters. The summed E-state index contributed by atoms with van der Waals surface area (Å²) in [4.78, 5) is 9.93. The summed E-state index contributed by atoms with van der Waals surface area (Å²) in [5.74, 6) is 0.795. The molecule has 6 heteroatoms. The zero-order valence-electron chi connectivity index (χ0n) is 19.2. The second-order valence-corrected chi connectivity index (χ2v) is 9.26. The average Bonchev–Trinajstić information content (AvgIpc) is 2.78. The molecule has 2 fully saturated rings. The molecule has 1 aromatic rings. The Morgan fingerprint density at radius 1 is 1.07 bits per heavy atom. The van der Waals surface area contributed by atoms with Gasteiger partial charge in [0.15, 0.2) is 5.96 Å². The number of guanidine groups is 1. The molecule has 0 aromatic heterocycles. The van der Waals surface area contributed by atoms with Gasteiger partial charge in [0, 0.05) is 18.6 Å². The highest BCUT2D eigenvalue weighted by atomic mass is 16.3. The van der Waals surface area contributed by atoms with Crippen LogP contribution < -0.4 is 10.6 Å². The lowest BCUT2D eigenvalue weighted by molar-refractivity contribution is 0.0172. The molecule has 2 saturated heterocycles. The molecule has 30 heavy (non-hydrogen) atoms. The Kier molecular flexibility index (Phi) is 8.14. The number of hydrogen-bond acceptors (Lipinski definition) is 4. The van der Waals surface area contributed by atoms with Crippen molar-refractivity contribution in [1.29, 1.82) is 0 Å². The van der Waals surface area contributed by atoms with Gasteiger partial charge < -0.3 is 20.6 Å². The second kappa shape index (κ2) is 10.6. The molecule has 0 radical (unpaired) electrons. The number of benzene rings is 1. The molecule has 0 saturated carbocycles. The van der Waals surface area contributed by atoms with E-state index >= 15 is 0 Å². The van der Waals surface area contributed by atoms with E-state index in [4.69, 9.17) is 4.99 Å². The number of nitrogens with zero attached hydrogens (tertiary/aromatic N) is 3. The predicted molar refractivity (Wildman–Crippen MR) is 125 cm³/mol. The topological polar surface area (TPSA) is 63.1 Å². The van der Waals surface area contributed by atoms with Crippen LogP contribution in [-0.4, -0.2) is 79.3 Å². The normalized spacial score (nSPS) is 23.0. The first-order valence-electron chi connectivity index (χ1n) is 11.7. The fourth-order valence-corrected chi connectivity index (χ4v) is 4.72. The summed E-state index contributed by atoms with van der Waals surface area (Å²) in [6, 6.07) is 9.80. The van der Waals surface area contributed by atoms with E-state index in [0.29, 0.717) is 6.54 Å². The summed E-state index contributed by atoms with van der Waals surface area (Å²) in [6.07, 6.45) is 6.37. The van der Waals surface area contributed by atoms with Gasteiger partial charge in [-0.05, 0) is 78.3 Å². The van der Waals surface area contributed by atoms with E-state index in [1.807, 2.05) is 37.3 Å². The zero-order chi connectivity index (χ0) is 21.5. The standard InChI is InChI=1S/C24H41N5O/c1-4-25-22(26-19-23(2,30)21-11-7-5-8-12-21)27-20-24(13-17-28(3)18-14-24)29-15-9-6-10-16-29/h5,7-8,11-12,30H,4,6,9-10,13-20H2,1-3H3,(H2,25,26,27). The van der Waals surface area contributed by atoms with Gasteiger partial charge in [0.2, 0.25) is 0 Å². The first-order valence-corrected chi connectivity index (χ1v) is 11.7. The molecule has 6 nitrogen and oxygen atoms in total. The summed E-state index contributed by atoms with van der Waals surface area (Å²) in [6.45, 7) is 10.7. The van der Waals surface area contributed by atoms with Crippen molar-refractivity contribution in [3.8, 4) is 0 Å². The summed E-state index contributed by atoms with van der Waals surface area (Å²) in [5, 5.41) is 17.9. The first kappa shape index (κ1) is 23.0. The molecule has 1 aromatic carbocycles. The molecular weight excluding hydrogens is 374 g/mol. The SMILES string of the molecule is CCNC(=NCC(C)(O)c1ccccc1)NCC1(N2CCCCC2)CCN(C)CC1. The van der Waals surface area contributed by atoms with Crippen LogP contribution in [-0.2, 0) is 5.60 Å². The molecule has 0 amide bonds. The fourth-order valence-electron chi connectivity index (χ4n) is 4.72. The van der Waals surface area contributed by atoms with Crippen LogP contribution in [0.25, 0.3) is 0 Å². The van der Waals surface area contributed by atoms with E-state index in [0.717, 1.165) is 37.7 Å². The van der Waals surface area contributed by atoms with Gasteiger partial charge in [-0.2, -0.15) is 0 Å². The molecule has 3 rings (SSSR count). The van der Waals surface area contributed by atoms with Crippen molar-refractivity contribution >= 4 is 5.96 Å². The monoisotopic (exact) mass is 415 g/mol. The highest BCUT2D eigenvalue weighted by Gasteiger charge is 2.39. The number of piperidine rings is 2. The number of hydrogen-bond donors (Lipinski definition) is 3. The quantitative estimate of drug-likeness (QED) is 0.472. The van der Waals surface area contributed by atoms with Crippen molar-refractivity contribution in [2.24, 2.45) is 4.99 Å². The maximum atomic E-state index is 10.9. The second-order valence-electron chi connectivity index (χ2n) is 9.26. The lowest BCUT2D eigenvalue weighted by Gasteiger charge is -2.50. The third kappa shape index (κ3) is 5.96. The molecular formula is C24H41N5O. The first-order chi connectivity index (χ1) is 14.5. The average molecular weight is 416 g/mol. The molecule has 3 N–H and O–H groups in total. The van der Waals surface area contributed by atoms with Crippen molar-refractivity contribution in [2.75, 3.05) is 52.9 Å². The largest absolute Gasteiger partial charge is 0.384 e. The molecule has 0 aliphatic carbocycles. The van der Waals surface area contributed by atoms with Gasteiger partial charge >= 0.3 is 0 Å². The van der Waals surface area contributed by atoms with Crippen LogP contribution in [0.4, 0.5) is 0 Å². The molecule has 2 aliphatic rings. The van der Waals surface area contributed by atoms with E-state index < -0.39 is 5.60 Å². The third-order valence-corrected chi connectivity index (χ3v) is 6.81. The number of nitrogens with one attached hydrogen (secondary N) is 2. The molecule has 2 heterocycles. The fraction of sp³-hybridized carbons (Fsp3) is 0.708. The van der Waals surface area contributed by atoms with Crippen LogP contribution in [0.1, 0.15) is 51.5 Å². The Hall–Kier alpha value is -1.63. The van der Waals surface area contributed by atoms with Crippen molar-refractivity contribution in [1.82, 2.24) is 20.4 Å². The maximum absolute atomic E-state index is 10.9. The van der Waals surface area contributed by atoms with Crippen molar-refractivity contribution in [3.05, 3.63) is 35.9 Å². The number of aliphatic hydroxyl groups is 1. The highest BCUT2D eigenvalue weighted by Crippen LogP contribution is 2.31.